The Morgan fingerprint density at radius 3 is 2.67 bits per heavy atom. The van der Waals surface area contributed by atoms with Crippen LogP contribution in [0.15, 0.2) is 37.8 Å². The summed E-state index contributed by atoms with van der Waals surface area (Å²) in [5.74, 6) is 0. The number of nitrogens with two attached hydrogens (primary N) is 1. The second kappa shape index (κ2) is 5.86. The number of aromatic nitrogens is 2. The predicted octanol–water partition coefficient (Wildman–Crippen LogP) is 4.24. The number of nitrogens with zero attached hydrogens (tertiary/aromatic N) is 2. The lowest BCUT2D eigenvalue weighted by molar-refractivity contribution is 0.599. The number of hydrogen-bond donors (Lipinski definition) is 1. The highest BCUT2D eigenvalue weighted by atomic mass is 79.9. The quantitative estimate of drug-likeness (QED) is 0.780. The number of halogens is 3. The monoisotopic (exact) mass is 435 g/mol. The lowest BCUT2D eigenvalue weighted by atomic mass is 10.0. The predicted molar refractivity (Wildman–Crippen MR) is 83.5 cm³/mol. The maximum Gasteiger partial charge on any atom is 0.0746 e. The Bertz CT molecular complexity index is 566. The van der Waals surface area contributed by atoms with Crippen LogP contribution >= 0.6 is 47.8 Å². The highest BCUT2D eigenvalue weighted by molar-refractivity contribution is 9.11. The van der Waals surface area contributed by atoms with Crippen molar-refractivity contribution in [3.05, 3.63) is 49.1 Å². The van der Waals surface area contributed by atoms with E-state index in [-0.39, 0.29) is 6.04 Å². The summed E-state index contributed by atoms with van der Waals surface area (Å²) >= 11 is 10.5. The average Bonchev–Trinajstić information content (AvgIpc) is 2.72. The lowest BCUT2D eigenvalue weighted by Crippen LogP contribution is -2.18. The zero-order valence-electron chi connectivity index (χ0n) is 9.70. The van der Waals surface area contributed by atoms with E-state index >= 15 is 0 Å². The average molecular weight is 438 g/mol. The lowest BCUT2D eigenvalue weighted by Gasteiger charge is -2.16. The van der Waals surface area contributed by atoms with E-state index in [1.165, 1.54) is 0 Å². The molecule has 1 unspecified atom stereocenters. The van der Waals surface area contributed by atoms with Crippen molar-refractivity contribution >= 4 is 47.8 Å². The third-order valence-corrected chi connectivity index (χ3v) is 4.55. The van der Waals surface area contributed by atoms with E-state index in [0.29, 0.717) is 0 Å². The molecule has 2 rings (SSSR count). The Balaban J connectivity index is 2.50. The van der Waals surface area contributed by atoms with Crippen LogP contribution in [0.3, 0.4) is 0 Å². The van der Waals surface area contributed by atoms with Gasteiger partial charge in [-0.1, -0.05) is 31.9 Å². The molecule has 0 aliphatic carbocycles. The van der Waals surface area contributed by atoms with Gasteiger partial charge in [-0.2, -0.15) is 5.10 Å². The van der Waals surface area contributed by atoms with Gasteiger partial charge >= 0.3 is 0 Å². The molecule has 0 saturated carbocycles. The molecule has 3 nitrogen and oxygen atoms in total. The third-order valence-electron chi connectivity index (χ3n) is 2.72. The molecule has 18 heavy (non-hydrogen) atoms. The summed E-state index contributed by atoms with van der Waals surface area (Å²) < 4.78 is 4.84. The second-order valence-corrected chi connectivity index (χ2v) is 6.46. The van der Waals surface area contributed by atoms with E-state index in [4.69, 9.17) is 5.73 Å². The number of benzene rings is 1. The van der Waals surface area contributed by atoms with Crippen molar-refractivity contribution < 1.29 is 0 Å². The number of rotatable bonds is 3. The Morgan fingerprint density at radius 2 is 2.00 bits per heavy atom. The summed E-state index contributed by atoms with van der Waals surface area (Å²) in [7, 11) is 0. The second-order valence-electron chi connectivity index (χ2n) is 3.84. The highest BCUT2D eigenvalue weighted by Crippen LogP contribution is 2.32. The molecule has 0 bridgehead atoms. The Morgan fingerprint density at radius 1 is 1.28 bits per heavy atom. The van der Waals surface area contributed by atoms with Gasteiger partial charge in [-0.3, -0.25) is 4.68 Å². The molecule has 0 amide bonds. The first-order chi connectivity index (χ1) is 8.54. The molecule has 2 N–H and O–H groups in total. The van der Waals surface area contributed by atoms with Crippen molar-refractivity contribution in [2.75, 3.05) is 0 Å². The van der Waals surface area contributed by atoms with E-state index in [9.17, 15) is 0 Å². The fourth-order valence-corrected chi connectivity index (χ4v) is 3.25. The van der Waals surface area contributed by atoms with Gasteiger partial charge < -0.3 is 5.73 Å². The summed E-state index contributed by atoms with van der Waals surface area (Å²) in [5.41, 5.74) is 8.38. The molecule has 1 aromatic carbocycles. The van der Waals surface area contributed by atoms with E-state index in [1.807, 2.05) is 29.8 Å². The molecule has 1 aromatic heterocycles. The van der Waals surface area contributed by atoms with Crippen LogP contribution in [-0.4, -0.2) is 9.78 Å². The number of hydrogen-bond acceptors (Lipinski definition) is 2. The van der Waals surface area contributed by atoms with Gasteiger partial charge in [0, 0.05) is 15.5 Å². The van der Waals surface area contributed by atoms with Gasteiger partial charge in [-0.05, 0) is 46.6 Å². The van der Waals surface area contributed by atoms with Crippen LogP contribution in [0.2, 0.25) is 0 Å². The Hall–Kier alpha value is -0.170. The van der Waals surface area contributed by atoms with E-state index in [0.717, 1.165) is 31.2 Å². The molecule has 0 fully saturated rings. The molecule has 96 valence electrons. The minimum atomic E-state index is -0.228. The largest absolute Gasteiger partial charge is 0.319 e. The first kappa shape index (κ1) is 14.2. The molecule has 6 heteroatoms. The van der Waals surface area contributed by atoms with Gasteiger partial charge in [0.2, 0.25) is 0 Å². The molecule has 0 aliphatic rings. The first-order valence-corrected chi connectivity index (χ1v) is 7.84. The van der Waals surface area contributed by atoms with Crippen molar-refractivity contribution in [2.24, 2.45) is 5.73 Å². The van der Waals surface area contributed by atoms with Crippen molar-refractivity contribution in [3.63, 3.8) is 0 Å². The molecule has 1 heterocycles. The van der Waals surface area contributed by atoms with Gasteiger partial charge in [0.1, 0.15) is 0 Å². The smallest absolute Gasteiger partial charge is 0.0746 e. The van der Waals surface area contributed by atoms with Crippen molar-refractivity contribution in [2.45, 2.75) is 19.5 Å². The van der Waals surface area contributed by atoms with Crippen LogP contribution in [0.25, 0.3) is 0 Å². The van der Waals surface area contributed by atoms with Crippen LogP contribution in [0.4, 0.5) is 0 Å². The molecule has 0 aliphatic heterocycles. The van der Waals surface area contributed by atoms with Gasteiger partial charge in [0.15, 0.2) is 0 Å². The SMILES string of the molecule is CCn1ncc(Br)c1C(N)c1cc(Br)ccc1Br. The van der Waals surface area contributed by atoms with Crippen molar-refractivity contribution in [3.8, 4) is 0 Å². The van der Waals surface area contributed by atoms with Crippen LogP contribution in [0.1, 0.15) is 24.2 Å². The van der Waals surface area contributed by atoms with E-state index < -0.39 is 0 Å². The van der Waals surface area contributed by atoms with Gasteiger partial charge in [-0.25, -0.2) is 0 Å². The molecular formula is C12H12Br3N3. The zero-order chi connectivity index (χ0) is 13.3. The van der Waals surface area contributed by atoms with Crippen LogP contribution < -0.4 is 5.73 Å². The summed E-state index contributed by atoms with van der Waals surface area (Å²) in [5, 5.41) is 4.30. The molecule has 1 atom stereocenters. The van der Waals surface area contributed by atoms with E-state index in [2.05, 4.69) is 52.9 Å². The minimum absolute atomic E-state index is 0.228. The third kappa shape index (κ3) is 2.71. The van der Waals surface area contributed by atoms with Gasteiger partial charge in [-0.15, -0.1) is 0 Å². The van der Waals surface area contributed by atoms with Crippen molar-refractivity contribution in [1.82, 2.24) is 9.78 Å². The Kier molecular flexibility index (Phi) is 4.64. The van der Waals surface area contributed by atoms with Crippen LogP contribution in [-0.2, 0) is 6.54 Å². The Labute approximate surface area is 131 Å². The zero-order valence-corrected chi connectivity index (χ0v) is 14.5. The summed E-state index contributed by atoms with van der Waals surface area (Å²) in [6.07, 6.45) is 1.78. The molecule has 0 spiro atoms. The molecule has 2 aromatic rings. The minimum Gasteiger partial charge on any atom is -0.319 e. The standard InChI is InChI=1S/C12H12Br3N3/c1-2-18-12(10(15)6-17-18)11(16)8-5-7(13)3-4-9(8)14/h3-6,11H,2,16H2,1H3. The fraction of sp³-hybridized carbons (Fsp3) is 0.250. The van der Waals surface area contributed by atoms with E-state index in [1.54, 1.807) is 6.20 Å². The summed E-state index contributed by atoms with van der Waals surface area (Å²) in [6.45, 7) is 2.84. The maximum atomic E-state index is 6.37. The van der Waals surface area contributed by atoms with Crippen molar-refractivity contribution in [1.29, 1.82) is 0 Å². The highest BCUT2D eigenvalue weighted by Gasteiger charge is 2.19. The summed E-state index contributed by atoms with van der Waals surface area (Å²) in [4.78, 5) is 0. The molecule has 0 saturated heterocycles. The van der Waals surface area contributed by atoms with Gasteiger partial charge in [0.05, 0.1) is 22.4 Å². The number of aryl methyl sites for hydroxylation is 1. The van der Waals surface area contributed by atoms with Gasteiger partial charge in [0.25, 0.3) is 0 Å². The van der Waals surface area contributed by atoms with Crippen LogP contribution in [0.5, 0.6) is 0 Å². The van der Waals surface area contributed by atoms with Crippen LogP contribution in [0, 0.1) is 0 Å². The molecule has 0 radical (unpaired) electrons. The summed E-state index contributed by atoms with van der Waals surface area (Å²) in [6, 6.07) is 5.76. The topological polar surface area (TPSA) is 43.8 Å². The normalized spacial score (nSPS) is 12.7. The molecular weight excluding hydrogens is 426 g/mol. The maximum absolute atomic E-state index is 6.37. The first-order valence-electron chi connectivity index (χ1n) is 5.46. The fourth-order valence-electron chi connectivity index (χ4n) is 1.83.